The number of nitrogens with one attached hydrogen (secondary N) is 2. The van der Waals surface area contributed by atoms with Crippen molar-refractivity contribution in [1.29, 1.82) is 0 Å². The van der Waals surface area contributed by atoms with Crippen molar-refractivity contribution in [2.24, 2.45) is 0 Å². The summed E-state index contributed by atoms with van der Waals surface area (Å²) in [5, 5.41) is 5.36. The lowest BCUT2D eigenvalue weighted by molar-refractivity contribution is -0.122. The molecule has 1 aromatic rings. The van der Waals surface area contributed by atoms with Crippen molar-refractivity contribution in [2.75, 3.05) is 5.32 Å². The zero-order chi connectivity index (χ0) is 13.1. The van der Waals surface area contributed by atoms with E-state index in [1.54, 1.807) is 24.3 Å². The van der Waals surface area contributed by atoms with Gasteiger partial charge in [-0.05, 0) is 24.3 Å². The topological polar surface area (TPSA) is 58.2 Å². The highest BCUT2D eigenvalue weighted by atomic mass is 35.5. The fourth-order valence-electron chi connectivity index (χ4n) is 1.44. The van der Waals surface area contributed by atoms with Gasteiger partial charge in [-0.15, -0.1) is 0 Å². The second kappa shape index (κ2) is 5.69. The number of anilines is 1. The molecule has 0 radical (unpaired) electrons. The molecule has 0 unspecified atom stereocenters. The summed E-state index contributed by atoms with van der Waals surface area (Å²) in [7, 11) is 0. The molecule has 2 N–H and O–H groups in total. The highest BCUT2D eigenvalue weighted by Crippen LogP contribution is 2.23. The summed E-state index contributed by atoms with van der Waals surface area (Å²) >= 11 is 11.8. The first-order valence-electron chi connectivity index (χ1n) is 5.11. The van der Waals surface area contributed by atoms with Crippen LogP contribution in [-0.4, -0.2) is 21.4 Å². The largest absolute Gasteiger partial charge is 0.326 e. The third-order valence-electron chi connectivity index (χ3n) is 2.27. The lowest BCUT2D eigenvalue weighted by atomic mass is 10.2. The standard InChI is InChI=1S/C11H9ClN2O2S2/c12-6-1-3-7(4-2-6)13-9(15)5-8-10(16)14-11(17)18-8/h1-4,8H,5H2,(H,13,15)(H,14,16,17)/t8-/m0/s1. The second-order valence-corrected chi connectivity index (χ2v) is 5.96. The molecule has 94 valence electrons. The maximum Gasteiger partial charge on any atom is 0.239 e. The van der Waals surface area contributed by atoms with Gasteiger partial charge in [-0.1, -0.05) is 35.6 Å². The first kappa shape index (κ1) is 13.3. The number of thioether (sulfide) groups is 1. The van der Waals surface area contributed by atoms with Gasteiger partial charge in [-0.2, -0.15) is 0 Å². The normalized spacial score (nSPS) is 18.6. The minimum Gasteiger partial charge on any atom is -0.326 e. The summed E-state index contributed by atoms with van der Waals surface area (Å²) in [6, 6.07) is 6.77. The monoisotopic (exact) mass is 300 g/mol. The smallest absolute Gasteiger partial charge is 0.239 e. The number of benzene rings is 1. The van der Waals surface area contributed by atoms with E-state index in [2.05, 4.69) is 10.6 Å². The van der Waals surface area contributed by atoms with Gasteiger partial charge in [0, 0.05) is 17.1 Å². The second-order valence-electron chi connectivity index (χ2n) is 3.64. The molecule has 7 heteroatoms. The molecule has 4 nitrogen and oxygen atoms in total. The Kier molecular flexibility index (Phi) is 4.21. The number of thiocarbonyl (C=S) groups is 1. The van der Waals surface area contributed by atoms with E-state index in [-0.39, 0.29) is 18.2 Å². The molecule has 0 aromatic heterocycles. The summed E-state index contributed by atoms with van der Waals surface area (Å²) in [5.41, 5.74) is 0.649. The molecule has 0 spiro atoms. The zero-order valence-corrected chi connectivity index (χ0v) is 11.5. The average Bonchev–Trinajstić information content (AvgIpc) is 2.61. The Balaban J connectivity index is 1.91. The van der Waals surface area contributed by atoms with Crippen molar-refractivity contribution < 1.29 is 9.59 Å². The van der Waals surface area contributed by atoms with Crippen LogP contribution >= 0.6 is 35.6 Å². The van der Waals surface area contributed by atoms with Crippen molar-refractivity contribution in [3.63, 3.8) is 0 Å². The summed E-state index contributed by atoms with van der Waals surface area (Å²) < 4.78 is 0.421. The average molecular weight is 301 g/mol. The van der Waals surface area contributed by atoms with Gasteiger partial charge >= 0.3 is 0 Å². The van der Waals surface area contributed by atoms with Gasteiger partial charge in [0.1, 0.15) is 4.32 Å². The maximum absolute atomic E-state index is 11.7. The Morgan fingerprint density at radius 3 is 2.67 bits per heavy atom. The fourth-order valence-corrected chi connectivity index (χ4v) is 2.83. The Labute approximate surface area is 118 Å². The molecule has 1 atom stereocenters. The summed E-state index contributed by atoms with van der Waals surface area (Å²) in [6.45, 7) is 0. The van der Waals surface area contributed by atoms with E-state index in [9.17, 15) is 9.59 Å². The number of carbonyl (C=O) groups excluding carboxylic acids is 2. The van der Waals surface area contributed by atoms with Gasteiger partial charge in [0.15, 0.2) is 0 Å². The van der Waals surface area contributed by atoms with Crippen LogP contribution in [0, 0.1) is 0 Å². The molecular formula is C11H9ClN2O2S2. The predicted octanol–water partition coefficient (Wildman–Crippen LogP) is 2.19. The van der Waals surface area contributed by atoms with Crippen LogP contribution < -0.4 is 10.6 Å². The van der Waals surface area contributed by atoms with Gasteiger partial charge in [0.25, 0.3) is 0 Å². The molecule has 0 saturated carbocycles. The van der Waals surface area contributed by atoms with Crippen molar-refractivity contribution in [3.05, 3.63) is 29.3 Å². The number of hydrogen-bond acceptors (Lipinski definition) is 4. The Morgan fingerprint density at radius 1 is 1.44 bits per heavy atom. The molecule has 1 aliphatic heterocycles. The van der Waals surface area contributed by atoms with Crippen LogP contribution in [0.15, 0.2) is 24.3 Å². The lowest BCUT2D eigenvalue weighted by Gasteiger charge is -2.07. The van der Waals surface area contributed by atoms with E-state index in [0.29, 0.717) is 15.0 Å². The minimum absolute atomic E-state index is 0.0965. The molecule has 2 rings (SSSR count). The molecule has 0 bridgehead atoms. The molecule has 1 aromatic carbocycles. The molecular weight excluding hydrogens is 292 g/mol. The summed E-state index contributed by atoms with van der Waals surface area (Å²) in [4.78, 5) is 23.1. The molecule has 1 fully saturated rings. The molecule has 2 amide bonds. The number of hydrogen-bond donors (Lipinski definition) is 2. The van der Waals surface area contributed by atoms with E-state index >= 15 is 0 Å². The first-order chi connectivity index (χ1) is 8.54. The van der Waals surface area contributed by atoms with Crippen LogP contribution in [0.1, 0.15) is 6.42 Å². The first-order valence-corrected chi connectivity index (χ1v) is 6.78. The van der Waals surface area contributed by atoms with Crippen LogP contribution in [0.4, 0.5) is 5.69 Å². The van der Waals surface area contributed by atoms with Gasteiger partial charge < -0.3 is 10.6 Å². The van der Waals surface area contributed by atoms with E-state index in [0.717, 1.165) is 0 Å². The van der Waals surface area contributed by atoms with Crippen LogP contribution in [0.25, 0.3) is 0 Å². The van der Waals surface area contributed by atoms with Crippen LogP contribution in [0.3, 0.4) is 0 Å². The molecule has 18 heavy (non-hydrogen) atoms. The quantitative estimate of drug-likeness (QED) is 0.840. The fraction of sp³-hybridized carbons (Fsp3) is 0.182. The van der Waals surface area contributed by atoms with Crippen LogP contribution in [0.5, 0.6) is 0 Å². The third-order valence-corrected chi connectivity index (χ3v) is 3.89. The van der Waals surface area contributed by atoms with E-state index < -0.39 is 5.25 Å². The molecule has 1 heterocycles. The molecule has 1 saturated heterocycles. The van der Waals surface area contributed by atoms with E-state index in [1.807, 2.05) is 0 Å². The Morgan fingerprint density at radius 2 is 2.11 bits per heavy atom. The minimum atomic E-state index is -0.440. The SMILES string of the molecule is O=C(C[C@@H]1SC(=S)NC1=O)Nc1ccc(Cl)cc1. The summed E-state index contributed by atoms with van der Waals surface area (Å²) in [5.74, 6) is -0.439. The lowest BCUT2D eigenvalue weighted by Crippen LogP contribution is -2.27. The predicted molar refractivity (Wildman–Crippen MR) is 76.8 cm³/mol. The number of rotatable bonds is 3. The van der Waals surface area contributed by atoms with Gasteiger partial charge in [-0.3, -0.25) is 9.59 Å². The molecule has 1 aliphatic rings. The molecule has 0 aliphatic carbocycles. The van der Waals surface area contributed by atoms with Crippen LogP contribution in [-0.2, 0) is 9.59 Å². The van der Waals surface area contributed by atoms with E-state index in [1.165, 1.54) is 11.8 Å². The number of halogens is 1. The van der Waals surface area contributed by atoms with Gasteiger partial charge in [0.2, 0.25) is 11.8 Å². The number of amides is 2. The van der Waals surface area contributed by atoms with Crippen molar-refractivity contribution in [3.8, 4) is 0 Å². The van der Waals surface area contributed by atoms with Crippen LogP contribution in [0.2, 0.25) is 5.02 Å². The third kappa shape index (κ3) is 3.44. The van der Waals surface area contributed by atoms with E-state index in [4.69, 9.17) is 23.8 Å². The highest BCUT2D eigenvalue weighted by Gasteiger charge is 2.30. The van der Waals surface area contributed by atoms with Crippen molar-refractivity contribution in [2.45, 2.75) is 11.7 Å². The van der Waals surface area contributed by atoms with Crippen molar-refractivity contribution in [1.82, 2.24) is 5.32 Å². The zero-order valence-electron chi connectivity index (χ0n) is 9.10. The van der Waals surface area contributed by atoms with Gasteiger partial charge in [0.05, 0.1) is 5.25 Å². The Bertz CT molecular complexity index is 504. The highest BCUT2D eigenvalue weighted by molar-refractivity contribution is 8.24. The van der Waals surface area contributed by atoms with Crippen molar-refractivity contribution >= 4 is 57.4 Å². The summed E-state index contributed by atoms with van der Waals surface area (Å²) in [6.07, 6.45) is 0.0965. The number of carbonyl (C=O) groups is 2. The Hall–Kier alpha value is -1.11. The van der Waals surface area contributed by atoms with Gasteiger partial charge in [-0.25, -0.2) is 0 Å². The maximum atomic E-state index is 11.7.